The van der Waals surface area contributed by atoms with Gasteiger partial charge in [0.1, 0.15) is 0 Å². The SMILES string of the molecule is Cc1ccccc1B(OCC(C)C)c1ccccc1. The van der Waals surface area contributed by atoms with Crippen molar-refractivity contribution in [3.63, 3.8) is 0 Å². The Morgan fingerprint density at radius 1 is 0.947 bits per heavy atom. The summed E-state index contributed by atoms with van der Waals surface area (Å²) >= 11 is 0. The van der Waals surface area contributed by atoms with Crippen molar-refractivity contribution in [2.45, 2.75) is 20.8 Å². The molecule has 0 radical (unpaired) electrons. The summed E-state index contributed by atoms with van der Waals surface area (Å²) in [5.74, 6) is 0.537. The maximum absolute atomic E-state index is 6.16. The van der Waals surface area contributed by atoms with Gasteiger partial charge >= 0.3 is 6.92 Å². The fourth-order valence-corrected chi connectivity index (χ4v) is 2.16. The predicted octanol–water partition coefficient (Wildman–Crippen LogP) is 2.77. The van der Waals surface area contributed by atoms with E-state index in [4.69, 9.17) is 4.65 Å². The topological polar surface area (TPSA) is 9.23 Å². The maximum atomic E-state index is 6.16. The highest BCUT2D eigenvalue weighted by atomic mass is 16.4. The summed E-state index contributed by atoms with van der Waals surface area (Å²) in [7, 11) is 0. The van der Waals surface area contributed by atoms with Crippen LogP contribution in [-0.2, 0) is 4.65 Å². The normalized spacial score (nSPS) is 10.7. The van der Waals surface area contributed by atoms with Gasteiger partial charge in [-0.25, -0.2) is 0 Å². The van der Waals surface area contributed by atoms with E-state index < -0.39 is 0 Å². The Bertz CT molecular complexity index is 508. The summed E-state index contributed by atoms with van der Waals surface area (Å²) in [5.41, 5.74) is 3.76. The van der Waals surface area contributed by atoms with Gasteiger partial charge in [-0.15, -0.1) is 0 Å². The van der Waals surface area contributed by atoms with Gasteiger partial charge in [0.05, 0.1) is 0 Å². The fourth-order valence-electron chi connectivity index (χ4n) is 2.16. The Hall–Kier alpha value is -1.54. The van der Waals surface area contributed by atoms with Gasteiger partial charge in [-0.05, 0) is 23.8 Å². The third-order valence-corrected chi connectivity index (χ3v) is 3.17. The quantitative estimate of drug-likeness (QED) is 0.743. The first kappa shape index (κ1) is 13.9. The minimum absolute atomic E-state index is 0.0322. The molecule has 0 heterocycles. The zero-order chi connectivity index (χ0) is 13.7. The minimum Gasteiger partial charge on any atom is -0.427 e. The summed E-state index contributed by atoms with van der Waals surface area (Å²) in [6, 6.07) is 18.9. The Balaban J connectivity index is 2.32. The molecule has 1 nitrogen and oxygen atoms in total. The molecule has 0 aliphatic heterocycles. The number of hydrogen-bond acceptors (Lipinski definition) is 1. The van der Waals surface area contributed by atoms with Crippen molar-refractivity contribution in [3.05, 3.63) is 60.2 Å². The third kappa shape index (κ3) is 3.71. The molecule has 2 aromatic rings. The molecule has 0 amide bonds. The van der Waals surface area contributed by atoms with Crippen molar-refractivity contribution >= 4 is 17.8 Å². The summed E-state index contributed by atoms with van der Waals surface area (Å²) in [5, 5.41) is 0. The van der Waals surface area contributed by atoms with E-state index in [9.17, 15) is 0 Å². The number of benzene rings is 2. The zero-order valence-corrected chi connectivity index (χ0v) is 12.0. The van der Waals surface area contributed by atoms with Crippen molar-refractivity contribution in [2.75, 3.05) is 6.61 Å². The van der Waals surface area contributed by atoms with Crippen LogP contribution in [0.3, 0.4) is 0 Å². The van der Waals surface area contributed by atoms with Crippen LogP contribution in [0.4, 0.5) is 0 Å². The molecular weight excluding hydrogens is 231 g/mol. The van der Waals surface area contributed by atoms with Crippen LogP contribution in [0, 0.1) is 12.8 Å². The lowest BCUT2D eigenvalue weighted by Gasteiger charge is -2.18. The van der Waals surface area contributed by atoms with E-state index >= 15 is 0 Å². The van der Waals surface area contributed by atoms with Crippen LogP contribution in [0.25, 0.3) is 0 Å². The Labute approximate surface area is 116 Å². The Morgan fingerprint density at radius 2 is 1.58 bits per heavy atom. The van der Waals surface area contributed by atoms with Crippen LogP contribution < -0.4 is 10.9 Å². The molecule has 0 aliphatic rings. The molecule has 0 aromatic heterocycles. The van der Waals surface area contributed by atoms with E-state index in [-0.39, 0.29) is 6.92 Å². The fraction of sp³-hybridized carbons (Fsp3) is 0.294. The van der Waals surface area contributed by atoms with Gasteiger partial charge in [-0.1, -0.05) is 74.0 Å². The molecule has 0 fully saturated rings. The van der Waals surface area contributed by atoms with Crippen LogP contribution >= 0.6 is 0 Å². The summed E-state index contributed by atoms with van der Waals surface area (Å²) in [4.78, 5) is 0. The molecule has 0 saturated carbocycles. The summed E-state index contributed by atoms with van der Waals surface area (Å²) in [6.07, 6.45) is 0. The first-order valence-corrected chi connectivity index (χ1v) is 6.90. The molecule has 0 atom stereocenters. The second-order valence-corrected chi connectivity index (χ2v) is 5.37. The number of hydrogen-bond donors (Lipinski definition) is 0. The highest BCUT2D eigenvalue weighted by molar-refractivity contribution is 6.80. The average molecular weight is 252 g/mol. The Morgan fingerprint density at radius 3 is 2.21 bits per heavy atom. The maximum Gasteiger partial charge on any atom is 0.361 e. The number of aryl methyl sites for hydroxylation is 1. The van der Waals surface area contributed by atoms with Crippen LogP contribution in [0.15, 0.2) is 54.6 Å². The van der Waals surface area contributed by atoms with E-state index in [2.05, 4.69) is 69.3 Å². The van der Waals surface area contributed by atoms with Crippen LogP contribution in [0.1, 0.15) is 19.4 Å². The molecule has 0 aliphatic carbocycles. The van der Waals surface area contributed by atoms with E-state index in [1.54, 1.807) is 0 Å². The minimum atomic E-state index is 0.0322. The molecule has 2 rings (SSSR count). The largest absolute Gasteiger partial charge is 0.427 e. The summed E-state index contributed by atoms with van der Waals surface area (Å²) in [6.45, 7) is 7.31. The lowest BCUT2D eigenvalue weighted by atomic mass is 9.54. The monoisotopic (exact) mass is 252 g/mol. The van der Waals surface area contributed by atoms with Crippen molar-refractivity contribution < 1.29 is 4.65 Å². The first-order chi connectivity index (χ1) is 9.18. The molecule has 0 unspecified atom stereocenters. The molecule has 2 aromatic carbocycles. The lowest BCUT2D eigenvalue weighted by Crippen LogP contribution is -2.46. The van der Waals surface area contributed by atoms with Crippen LogP contribution in [0.5, 0.6) is 0 Å². The van der Waals surface area contributed by atoms with Crippen molar-refractivity contribution in [2.24, 2.45) is 5.92 Å². The van der Waals surface area contributed by atoms with E-state index in [0.717, 1.165) is 6.61 Å². The van der Waals surface area contributed by atoms with Gasteiger partial charge in [-0.2, -0.15) is 0 Å². The molecule has 0 N–H and O–H groups in total. The van der Waals surface area contributed by atoms with Crippen molar-refractivity contribution in [1.29, 1.82) is 0 Å². The smallest absolute Gasteiger partial charge is 0.361 e. The van der Waals surface area contributed by atoms with Gasteiger partial charge in [0.15, 0.2) is 0 Å². The highest BCUT2D eigenvalue weighted by Gasteiger charge is 2.22. The van der Waals surface area contributed by atoms with Crippen molar-refractivity contribution in [3.8, 4) is 0 Å². The predicted molar refractivity (Wildman–Crippen MR) is 83.4 cm³/mol. The van der Waals surface area contributed by atoms with Gasteiger partial charge in [-0.3, -0.25) is 0 Å². The Kier molecular flexibility index (Phi) is 4.81. The summed E-state index contributed by atoms with van der Waals surface area (Å²) < 4.78 is 6.16. The highest BCUT2D eigenvalue weighted by Crippen LogP contribution is 2.02. The standard InChI is InChI=1S/C17H21BO/c1-14(2)13-19-18(16-10-5-4-6-11-16)17-12-8-7-9-15(17)3/h4-12,14H,13H2,1-3H3. The van der Waals surface area contributed by atoms with Gasteiger partial charge < -0.3 is 4.65 Å². The van der Waals surface area contributed by atoms with Gasteiger partial charge in [0, 0.05) is 6.61 Å². The molecule has 19 heavy (non-hydrogen) atoms. The van der Waals surface area contributed by atoms with Gasteiger partial charge in [0.2, 0.25) is 0 Å². The molecule has 98 valence electrons. The molecule has 0 saturated heterocycles. The second-order valence-electron chi connectivity index (χ2n) is 5.37. The van der Waals surface area contributed by atoms with Crippen LogP contribution in [0.2, 0.25) is 0 Å². The zero-order valence-electron chi connectivity index (χ0n) is 12.0. The van der Waals surface area contributed by atoms with Crippen LogP contribution in [-0.4, -0.2) is 13.5 Å². The first-order valence-electron chi connectivity index (χ1n) is 6.90. The van der Waals surface area contributed by atoms with Crippen molar-refractivity contribution in [1.82, 2.24) is 0 Å². The van der Waals surface area contributed by atoms with E-state index in [1.165, 1.54) is 16.5 Å². The van der Waals surface area contributed by atoms with E-state index in [0.29, 0.717) is 5.92 Å². The third-order valence-electron chi connectivity index (χ3n) is 3.17. The average Bonchev–Trinajstić information content (AvgIpc) is 2.42. The molecular formula is C17H21BO. The number of rotatable bonds is 5. The lowest BCUT2D eigenvalue weighted by molar-refractivity contribution is 0.282. The molecule has 2 heteroatoms. The molecule has 0 spiro atoms. The van der Waals surface area contributed by atoms with Gasteiger partial charge in [0.25, 0.3) is 0 Å². The molecule has 0 bridgehead atoms. The second kappa shape index (κ2) is 6.58. The van der Waals surface area contributed by atoms with E-state index in [1.807, 2.05) is 6.07 Å².